The maximum Gasteiger partial charge on any atom is 0.258 e. The fourth-order valence-corrected chi connectivity index (χ4v) is 1.32. The highest BCUT2D eigenvalue weighted by molar-refractivity contribution is 5.87. The number of benzene rings is 1. The SMILES string of the molecule is CNC(=O)C(C)NC(=O)COc1ccccc1N. The summed E-state index contributed by atoms with van der Waals surface area (Å²) in [6.45, 7) is 1.41. The number of nitrogens with one attached hydrogen (secondary N) is 2. The Bertz CT molecular complexity index is 434. The summed E-state index contributed by atoms with van der Waals surface area (Å²) in [6, 6.07) is 6.29. The van der Waals surface area contributed by atoms with Gasteiger partial charge in [-0.3, -0.25) is 9.59 Å². The van der Waals surface area contributed by atoms with Gasteiger partial charge in [0.1, 0.15) is 11.8 Å². The third-order valence-corrected chi connectivity index (χ3v) is 2.29. The average Bonchev–Trinajstić information content (AvgIpc) is 2.36. The first-order valence-corrected chi connectivity index (χ1v) is 5.53. The van der Waals surface area contributed by atoms with E-state index in [1.54, 1.807) is 31.2 Å². The van der Waals surface area contributed by atoms with E-state index in [1.165, 1.54) is 7.05 Å². The van der Waals surface area contributed by atoms with Crippen molar-refractivity contribution in [1.29, 1.82) is 0 Å². The van der Waals surface area contributed by atoms with Crippen LogP contribution in [0, 0.1) is 0 Å². The van der Waals surface area contributed by atoms with E-state index in [9.17, 15) is 9.59 Å². The third-order valence-electron chi connectivity index (χ3n) is 2.29. The average molecular weight is 251 g/mol. The summed E-state index contributed by atoms with van der Waals surface area (Å²) in [4.78, 5) is 22.7. The van der Waals surface area contributed by atoms with Crippen LogP contribution in [0.3, 0.4) is 0 Å². The molecular weight excluding hydrogens is 234 g/mol. The van der Waals surface area contributed by atoms with Gasteiger partial charge in [0, 0.05) is 7.05 Å². The van der Waals surface area contributed by atoms with Gasteiger partial charge in [0.05, 0.1) is 5.69 Å². The van der Waals surface area contributed by atoms with E-state index >= 15 is 0 Å². The monoisotopic (exact) mass is 251 g/mol. The molecule has 4 N–H and O–H groups in total. The van der Waals surface area contributed by atoms with E-state index in [4.69, 9.17) is 10.5 Å². The first kappa shape index (κ1) is 13.8. The lowest BCUT2D eigenvalue weighted by Gasteiger charge is -2.13. The Morgan fingerprint density at radius 3 is 2.67 bits per heavy atom. The van der Waals surface area contributed by atoms with Crippen molar-refractivity contribution in [2.45, 2.75) is 13.0 Å². The molecule has 0 aliphatic carbocycles. The number of anilines is 1. The number of para-hydroxylation sites is 2. The van der Waals surface area contributed by atoms with E-state index < -0.39 is 6.04 Å². The van der Waals surface area contributed by atoms with Crippen LogP contribution < -0.4 is 21.1 Å². The Labute approximate surface area is 105 Å². The second kappa shape index (κ2) is 6.48. The quantitative estimate of drug-likeness (QED) is 0.637. The zero-order valence-electron chi connectivity index (χ0n) is 10.4. The van der Waals surface area contributed by atoms with Gasteiger partial charge in [0.25, 0.3) is 5.91 Å². The van der Waals surface area contributed by atoms with Gasteiger partial charge in [-0.15, -0.1) is 0 Å². The number of hydrogen-bond donors (Lipinski definition) is 3. The van der Waals surface area contributed by atoms with E-state index in [-0.39, 0.29) is 18.4 Å². The van der Waals surface area contributed by atoms with E-state index in [2.05, 4.69) is 10.6 Å². The van der Waals surface area contributed by atoms with Gasteiger partial charge >= 0.3 is 0 Å². The number of carbonyl (C=O) groups excluding carboxylic acids is 2. The molecule has 0 saturated carbocycles. The second-order valence-electron chi connectivity index (χ2n) is 3.73. The number of nitrogens with two attached hydrogens (primary N) is 1. The Morgan fingerprint density at radius 2 is 2.06 bits per heavy atom. The van der Waals surface area contributed by atoms with Crippen molar-refractivity contribution < 1.29 is 14.3 Å². The first-order chi connectivity index (χ1) is 8.54. The van der Waals surface area contributed by atoms with Crippen LogP contribution in [0.5, 0.6) is 5.75 Å². The molecule has 0 bridgehead atoms. The fraction of sp³-hybridized carbons (Fsp3) is 0.333. The lowest BCUT2D eigenvalue weighted by Crippen LogP contribution is -2.45. The molecule has 18 heavy (non-hydrogen) atoms. The molecular formula is C12H17N3O3. The van der Waals surface area contributed by atoms with Crippen molar-refractivity contribution in [3.63, 3.8) is 0 Å². The number of ether oxygens (including phenoxy) is 1. The molecule has 0 aliphatic heterocycles. The molecule has 0 spiro atoms. The number of nitrogen functional groups attached to an aromatic ring is 1. The van der Waals surface area contributed by atoms with Crippen LogP contribution in [-0.4, -0.2) is 31.5 Å². The van der Waals surface area contributed by atoms with Crippen LogP contribution in [0.4, 0.5) is 5.69 Å². The summed E-state index contributed by atoms with van der Waals surface area (Å²) in [5.41, 5.74) is 6.12. The molecule has 1 rings (SSSR count). The van der Waals surface area contributed by atoms with Gasteiger partial charge in [0.2, 0.25) is 5.91 Å². The molecule has 0 fully saturated rings. The minimum atomic E-state index is -0.598. The zero-order valence-corrected chi connectivity index (χ0v) is 10.4. The van der Waals surface area contributed by atoms with Gasteiger partial charge in [-0.2, -0.15) is 0 Å². The molecule has 0 aromatic heterocycles. The predicted octanol–water partition coefficient (Wildman–Crippen LogP) is -0.102. The Kier molecular flexibility index (Phi) is 4.98. The highest BCUT2D eigenvalue weighted by Crippen LogP contribution is 2.19. The van der Waals surface area contributed by atoms with E-state index in [0.29, 0.717) is 11.4 Å². The van der Waals surface area contributed by atoms with Gasteiger partial charge < -0.3 is 21.1 Å². The zero-order chi connectivity index (χ0) is 13.5. The molecule has 0 heterocycles. The van der Waals surface area contributed by atoms with Gasteiger partial charge in [-0.05, 0) is 19.1 Å². The number of likely N-dealkylation sites (N-methyl/N-ethyl adjacent to an activating group) is 1. The standard InChI is InChI=1S/C12H17N3O3/c1-8(12(17)14-2)15-11(16)7-18-10-6-4-3-5-9(10)13/h3-6,8H,7,13H2,1-2H3,(H,14,17)(H,15,16). The predicted molar refractivity (Wildman–Crippen MR) is 68.0 cm³/mol. The summed E-state index contributed by atoms with van der Waals surface area (Å²) >= 11 is 0. The number of carbonyl (C=O) groups is 2. The lowest BCUT2D eigenvalue weighted by atomic mass is 10.3. The largest absolute Gasteiger partial charge is 0.482 e. The van der Waals surface area contributed by atoms with Crippen molar-refractivity contribution in [2.24, 2.45) is 0 Å². The van der Waals surface area contributed by atoms with Crippen molar-refractivity contribution in [3.05, 3.63) is 24.3 Å². The highest BCUT2D eigenvalue weighted by Gasteiger charge is 2.14. The Hall–Kier alpha value is -2.24. The Morgan fingerprint density at radius 1 is 1.39 bits per heavy atom. The molecule has 0 aliphatic rings. The summed E-state index contributed by atoms with van der Waals surface area (Å²) in [7, 11) is 1.51. The van der Waals surface area contributed by atoms with Crippen LogP contribution in [0.1, 0.15) is 6.92 Å². The van der Waals surface area contributed by atoms with Crippen LogP contribution in [0.25, 0.3) is 0 Å². The normalized spacial score (nSPS) is 11.4. The molecule has 1 aromatic rings. The molecule has 1 atom stereocenters. The van der Waals surface area contributed by atoms with E-state index in [0.717, 1.165) is 0 Å². The molecule has 6 nitrogen and oxygen atoms in total. The molecule has 1 unspecified atom stereocenters. The Balaban J connectivity index is 2.43. The van der Waals surface area contributed by atoms with Gasteiger partial charge in [0.15, 0.2) is 6.61 Å². The van der Waals surface area contributed by atoms with Crippen LogP contribution in [0.15, 0.2) is 24.3 Å². The molecule has 2 amide bonds. The summed E-state index contributed by atoms with van der Waals surface area (Å²) in [6.07, 6.45) is 0. The van der Waals surface area contributed by atoms with Crippen molar-refractivity contribution in [2.75, 3.05) is 19.4 Å². The topological polar surface area (TPSA) is 93.5 Å². The van der Waals surface area contributed by atoms with Crippen LogP contribution in [0.2, 0.25) is 0 Å². The van der Waals surface area contributed by atoms with Crippen LogP contribution >= 0.6 is 0 Å². The van der Waals surface area contributed by atoms with Crippen molar-refractivity contribution in [3.8, 4) is 5.75 Å². The van der Waals surface area contributed by atoms with Gasteiger partial charge in [-0.25, -0.2) is 0 Å². The summed E-state index contributed by atoms with van der Waals surface area (Å²) in [5, 5.41) is 4.94. The first-order valence-electron chi connectivity index (χ1n) is 5.53. The number of amides is 2. The maximum absolute atomic E-state index is 11.5. The molecule has 0 radical (unpaired) electrons. The number of rotatable bonds is 5. The fourth-order valence-electron chi connectivity index (χ4n) is 1.32. The summed E-state index contributed by atoms with van der Waals surface area (Å²) < 4.78 is 5.24. The van der Waals surface area contributed by atoms with Crippen molar-refractivity contribution in [1.82, 2.24) is 10.6 Å². The minimum Gasteiger partial charge on any atom is -0.482 e. The summed E-state index contributed by atoms with van der Waals surface area (Å²) in [5.74, 6) is -0.197. The van der Waals surface area contributed by atoms with Gasteiger partial charge in [-0.1, -0.05) is 12.1 Å². The lowest BCUT2D eigenvalue weighted by molar-refractivity contribution is -0.129. The molecule has 0 saturated heterocycles. The number of hydrogen-bond acceptors (Lipinski definition) is 4. The van der Waals surface area contributed by atoms with Crippen LogP contribution in [-0.2, 0) is 9.59 Å². The third kappa shape index (κ3) is 3.97. The van der Waals surface area contributed by atoms with E-state index in [1.807, 2.05) is 0 Å². The maximum atomic E-state index is 11.5. The molecule has 98 valence electrons. The van der Waals surface area contributed by atoms with Crippen molar-refractivity contribution >= 4 is 17.5 Å². The minimum absolute atomic E-state index is 0.185. The smallest absolute Gasteiger partial charge is 0.258 e. The highest BCUT2D eigenvalue weighted by atomic mass is 16.5. The molecule has 1 aromatic carbocycles. The molecule has 6 heteroatoms. The second-order valence-corrected chi connectivity index (χ2v) is 3.73.